The first-order chi connectivity index (χ1) is 16.0. The summed E-state index contributed by atoms with van der Waals surface area (Å²) >= 11 is 0. The Kier molecular flexibility index (Phi) is 5.60. The van der Waals surface area contributed by atoms with E-state index in [1.165, 1.54) is 30.5 Å². The fourth-order valence-corrected chi connectivity index (χ4v) is 4.33. The van der Waals surface area contributed by atoms with Crippen LogP contribution in [0.5, 0.6) is 0 Å². The number of rotatable bonds is 4. The van der Waals surface area contributed by atoms with Crippen molar-refractivity contribution in [3.63, 3.8) is 0 Å². The SMILES string of the molecule is Cc1noc2ncc(C(=O)N3CCN(C(c4ccc(F)cc4)c4ccc(F)cc4)CC3)cc12. The molecular formula is C25H22F2N4O2. The third kappa shape index (κ3) is 4.21. The van der Waals surface area contributed by atoms with Crippen molar-refractivity contribution in [2.45, 2.75) is 13.0 Å². The molecule has 1 amide bonds. The van der Waals surface area contributed by atoms with Gasteiger partial charge < -0.3 is 9.42 Å². The maximum absolute atomic E-state index is 13.5. The second-order valence-corrected chi connectivity index (χ2v) is 8.18. The molecule has 0 spiro atoms. The maximum Gasteiger partial charge on any atom is 0.257 e. The lowest BCUT2D eigenvalue weighted by molar-refractivity contribution is 0.0597. The van der Waals surface area contributed by atoms with Gasteiger partial charge in [0.05, 0.1) is 22.7 Å². The summed E-state index contributed by atoms with van der Waals surface area (Å²) in [6, 6.07) is 14.3. The predicted molar refractivity (Wildman–Crippen MR) is 119 cm³/mol. The molecule has 0 radical (unpaired) electrons. The zero-order chi connectivity index (χ0) is 22.9. The highest BCUT2D eigenvalue weighted by molar-refractivity contribution is 5.97. The molecule has 4 aromatic rings. The number of benzene rings is 2. The lowest BCUT2D eigenvalue weighted by atomic mass is 9.96. The van der Waals surface area contributed by atoms with Crippen LogP contribution < -0.4 is 0 Å². The van der Waals surface area contributed by atoms with Crippen LogP contribution in [0.15, 0.2) is 65.3 Å². The van der Waals surface area contributed by atoms with Crippen LogP contribution in [-0.4, -0.2) is 52.0 Å². The summed E-state index contributed by atoms with van der Waals surface area (Å²) in [5.41, 5.74) is 3.44. The molecule has 0 atom stereocenters. The smallest absolute Gasteiger partial charge is 0.257 e. The average molecular weight is 448 g/mol. The fraction of sp³-hybridized carbons (Fsp3) is 0.240. The number of pyridine rings is 1. The highest BCUT2D eigenvalue weighted by atomic mass is 19.1. The summed E-state index contributed by atoms with van der Waals surface area (Å²) < 4.78 is 32.2. The topological polar surface area (TPSA) is 62.5 Å². The van der Waals surface area contributed by atoms with Gasteiger partial charge in [0.1, 0.15) is 11.6 Å². The first-order valence-electron chi connectivity index (χ1n) is 10.8. The molecule has 2 aromatic heterocycles. The van der Waals surface area contributed by atoms with Gasteiger partial charge in [0.25, 0.3) is 11.6 Å². The van der Waals surface area contributed by atoms with Crippen molar-refractivity contribution in [2.75, 3.05) is 26.2 Å². The van der Waals surface area contributed by atoms with Crippen molar-refractivity contribution < 1.29 is 18.1 Å². The van der Waals surface area contributed by atoms with Crippen LogP contribution in [0.2, 0.25) is 0 Å². The van der Waals surface area contributed by atoms with Crippen LogP contribution in [0, 0.1) is 18.6 Å². The number of aryl methyl sites for hydroxylation is 1. The van der Waals surface area contributed by atoms with E-state index in [-0.39, 0.29) is 23.6 Å². The zero-order valence-electron chi connectivity index (χ0n) is 18.0. The minimum absolute atomic E-state index is 0.0928. The number of nitrogens with zero attached hydrogens (tertiary/aromatic N) is 4. The van der Waals surface area contributed by atoms with Gasteiger partial charge in [-0.2, -0.15) is 0 Å². The van der Waals surface area contributed by atoms with Gasteiger partial charge in [-0.05, 0) is 48.4 Å². The van der Waals surface area contributed by atoms with Crippen LogP contribution in [0.4, 0.5) is 8.78 Å². The summed E-state index contributed by atoms with van der Waals surface area (Å²) in [6.45, 7) is 4.10. The lowest BCUT2D eigenvalue weighted by Gasteiger charge is -2.39. The fourth-order valence-electron chi connectivity index (χ4n) is 4.33. The molecule has 8 heteroatoms. The first-order valence-corrected chi connectivity index (χ1v) is 10.8. The minimum atomic E-state index is -0.305. The van der Waals surface area contributed by atoms with Crippen LogP contribution in [-0.2, 0) is 0 Å². The van der Waals surface area contributed by atoms with E-state index in [9.17, 15) is 13.6 Å². The average Bonchev–Trinajstić information content (AvgIpc) is 3.22. The Morgan fingerprint density at radius 1 is 0.939 bits per heavy atom. The first kappa shape index (κ1) is 21.2. The van der Waals surface area contributed by atoms with Crippen LogP contribution in [0.1, 0.15) is 33.2 Å². The van der Waals surface area contributed by atoms with Gasteiger partial charge in [0.2, 0.25) is 0 Å². The molecule has 0 aliphatic carbocycles. The third-order valence-corrected chi connectivity index (χ3v) is 6.10. The predicted octanol–water partition coefficient (Wildman–Crippen LogP) is 4.36. The summed E-state index contributed by atoms with van der Waals surface area (Å²) in [6.07, 6.45) is 1.52. The van der Waals surface area contributed by atoms with Crippen LogP contribution in [0.3, 0.4) is 0 Å². The zero-order valence-corrected chi connectivity index (χ0v) is 18.0. The standard InChI is InChI=1S/C25H22F2N4O2/c1-16-22-14-19(15-28-24(22)33-29-16)25(32)31-12-10-30(11-13-31)23(17-2-6-20(26)7-3-17)18-4-8-21(27)9-5-18/h2-9,14-15,23H,10-13H2,1H3. The van der Waals surface area contributed by atoms with Crippen molar-refractivity contribution in [3.8, 4) is 0 Å². The van der Waals surface area contributed by atoms with Crippen LogP contribution >= 0.6 is 0 Å². The van der Waals surface area contributed by atoms with E-state index in [2.05, 4.69) is 15.0 Å². The summed E-state index contributed by atoms with van der Waals surface area (Å²) in [5, 5.41) is 4.62. The Morgan fingerprint density at radius 3 is 2.09 bits per heavy atom. The molecule has 0 unspecified atom stereocenters. The van der Waals surface area contributed by atoms with E-state index in [4.69, 9.17) is 4.52 Å². The van der Waals surface area contributed by atoms with Crippen molar-refractivity contribution in [3.05, 3.63) is 94.8 Å². The van der Waals surface area contributed by atoms with E-state index in [1.54, 1.807) is 35.2 Å². The maximum atomic E-state index is 13.5. The number of amides is 1. The molecule has 2 aromatic carbocycles. The van der Waals surface area contributed by atoms with E-state index in [0.29, 0.717) is 43.1 Å². The van der Waals surface area contributed by atoms with Crippen molar-refractivity contribution in [1.82, 2.24) is 19.9 Å². The largest absolute Gasteiger partial charge is 0.336 e. The van der Waals surface area contributed by atoms with E-state index in [0.717, 1.165) is 16.5 Å². The minimum Gasteiger partial charge on any atom is -0.336 e. The number of fused-ring (bicyclic) bond motifs is 1. The summed E-state index contributed by atoms with van der Waals surface area (Å²) in [5.74, 6) is -0.703. The number of carbonyl (C=O) groups is 1. The number of carbonyl (C=O) groups excluding carboxylic acids is 1. The Balaban J connectivity index is 1.35. The van der Waals surface area contributed by atoms with Gasteiger partial charge in [-0.25, -0.2) is 13.8 Å². The Bertz CT molecular complexity index is 1230. The molecule has 0 saturated carbocycles. The van der Waals surface area contributed by atoms with Gasteiger partial charge in [0, 0.05) is 32.4 Å². The van der Waals surface area contributed by atoms with E-state index >= 15 is 0 Å². The second kappa shape index (κ2) is 8.71. The van der Waals surface area contributed by atoms with Gasteiger partial charge in [-0.3, -0.25) is 9.69 Å². The number of aromatic nitrogens is 2. The molecular weight excluding hydrogens is 426 g/mol. The van der Waals surface area contributed by atoms with Gasteiger partial charge >= 0.3 is 0 Å². The van der Waals surface area contributed by atoms with Crippen molar-refractivity contribution >= 4 is 17.0 Å². The summed E-state index contributed by atoms with van der Waals surface area (Å²) in [4.78, 5) is 21.3. The molecule has 1 saturated heterocycles. The molecule has 0 bridgehead atoms. The lowest BCUT2D eigenvalue weighted by Crippen LogP contribution is -2.49. The molecule has 168 valence electrons. The Morgan fingerprint density at radius 2 is 1.52 bits per heavy atom. The molecule has 6 nitrogen and oxygen atoms in total. The Hall–Kier alpha value is -3.65. The highest BCUT2D eigenvalue weighted by Gasteiger charge is 2.29. The molecule has 5 rings (SSSR count). The normalized spacial score (nSPS) is 14.8. The quantitative estimate of drug-likeness (QED) is 0.464. The van der Waals surface area contributed by atoms with Crippen molar-refractivity contribution in [2.24, 2.45) is 0 Å². The molecule has 1 aliphatic heterocycles. The summed E-state index contributed by atoms with van der Waals surface area (Å²) in [7, 11) is 0. The van der Waals surface area contributed by atoms with E-state index in [1.807, 2.05) is 6.92 Å². The number of hydrogen-bond acceptors (Lipinski definition) is 5. The molecule has 3 heterocycles. The Labute approximate surface area is 189 Å². The highest BCUT2D eigenvalue weighted by Crippen LogP contribution is 2.30. The van der Waals surface area contributed by atoms with E-state index < -0.39 is 0 Å². The number of piperazine rings is 1. The third-order valence-electron chi connectivity index (χ3n) is 6.10. The van der Waals surface area contributed by atoms with Crippen molar-refractivity contribution in [1.29, 1.82) is 0 Å². The number of halogens is 2. The molecule has 0 N–H and O–H groups in total. The molecule has 1 fully saturated rings. The van der Waals surface area contributed by atoms with Crippen LogP contribution in [0.25, 0.3) is 11.1 Å². The number of hydrogen-bond donors (Lipinski definition) is 0. The van der Waals surface area contributed by atoms with Gasteiger partial charge in [0.15, 0.2) is 0 Å². The molecule has 33 heavy (non-hydrogen) atoms. The second-order valence-electron chi connectivity index (χ2n) is 8.18. The monoisotopic (exact) mass is 448 g/mol. The molecule has 1 aliphatic rings. The van der Waals surface area contributed by atoms with Gasteiger partial charge in [-0.1, -0.05) is 29.4 Å². The van der Waals surface area contributed by atoms with Gasteiger partial charge in [-0.15, -0.1) is 0 Å².